The van der Waals surface area contributed by atoms with E-state index in [9.17, 15) is 0 Å². The van der Waals surface area contributed by atoms with E-state index in [1.165, 1.54) is 32.2 Å². The number of likely N-dealkylation sites (N-methyl/N-ethyl adjacent to an activating group) is 1. The molecule has 3 heterocycles. The average Bonchev–Trinajstić information content (AvgIpc) is 3.02. The fraction of sp³-hybridized carbons (Fsp3) is 0.846. The molecule has 3 rings (SSSR count). The van der Waals surface area contributed by atoms with Crippen molar-refractivity contribution >= 4 is 0 Å². The third kappa shape index (κ3) is 2.57. The van der Waals surface area contributed by atoms with Gasteiger partial charge >= 0.3 is 0 Å². The van der Waals surface area contributed by atoms with Gasteiger partial charge in [-0.05, 0) is 45.8 Å². The molecular formula is C13H22N4O. The fourth-order valence-corrected chi connectivity index (χ4v) is 3.00. The average molecular weight is 250 g/mol. The lowest BCUT2D eigenvalue weighted by Crippen LogP contribution is -2.28. The van der Waals surface area contributed by atoms with Gasteiger partial charge in [0.25, 0.3) is 0 Å². The van der Waals surface area contributed by atoms with Crippen LogP contribution in [0.2, 0.25) is 0 Å². The van der Waals surface area contributed by atoms with Gasteiger partial charge in [-0.2, -0.15) is 4.98 Å². The summed E-state index contributed by atoms with van der Waals surface area (Å²) in [5.41, 5.74) is 0. The predicted molar refractivity (Wildman–Crippen MR) is 68.2 cm³/mol. The highest BCUT2D eigenvalue weighted by atomic mass is 16.5. The molecule has 2 aliphatic rings. The van der Waals surface area contributed by atoms with Crippen LogP contribution in [-0.4, -0.2) is 41.2 Å². The lowest BCUT2D eigenvalue weighted by molar-refractivity contribution is 0.288. The molecule has 2 saturated heterocycles. The van der Waals surface area contributed by atoms with E-state index in [1.54, 1.807) is 0 Å². The van der Waals surface area contributed by atoms with Gasteiger partial charge in [0, 0.05) is 12.5 Å². The van der Waals surface area contributed by atoms with Crippen LogP contribution in [0.1, 0.15) is 49.9 Å². The van der Waals surface area contributed by atoms with E-state index in [0.717, 1.165) is 31.1 Å². The third-order valence-electron chi connectivity index (χ3n) is 4.18. The van der Waals surface area contributed by atoms with Crippen LogP contribution in [0, 0.1) is 0 Å². The van der Waals surface area contributed by atoms with Gasteiger partial charge in [-0.3, -0.25) is 0 Å². The number of hydrogen-bond donors (Lipinski definition) is 1. The van der Waals surface area contributed by atoms with Crippen LogP contribution in [0.25, 0.3) is 0 Å². The molecule has 0 amide bonds. The Labute approximate surface area is 108 Å². The maximum absolute atomic E-state index is 5.41. The van der Waals surface area contributed by atoms with E-state index in [0.29, 0.717) is 6.04 Å². The molecule has 0 aromatic carbocycles. The molecule has 1 aromatic rings. The largest absolute Gasteiger partial charge is 0.338 e. The van der Waals surface area contributed by atoms with Crippen molar-refractivity contribution in [2.75, 3.05) is 20.1 Å². The van der Waals surface area contributed by atoms with Gasteiger partial charge in [-0.1, -0.05) is 11.6 Å². The summed E-state index contributed by atoms with van der Waals surface area (Å²) < 4.78 is 5.41. The van der Waals surface area contributed by atoms with Gasteiger partial charge in [-0.25, -0.2) is 0 Å². The minimum absolute atomic E-state index is 0.279. The van der Waals surface area contributed by atoms with Gasteiger partial charge < -0.3 is 14.7 Å². The highest BCUT2D eigenvalue weighted by molar-refractivity contribution is 4.97. The minimum atomic E-state index is 0.279. The van der Waals surface area contributed by atoms with Crippen LogP contribution in [-0.2, 0) is 6.42 Å². The highest BCUT2D eigenvalue weighted by Gasteiger charge is 2.25. The summed E-state index contributed by atoms with van der Waals surface area (Å²) in [6.45, 7) is 2.26. The number of nitrogens with zero attached hydrogens (tertiary/aromatic N) is 3. The summed E-state index contributed by atoms with van der Waals surface area (Å²) in [5, 5.41) is 7.58. The first kappa shape index (κ1) is 12.1. The summed E-state index contributed by atoms with van der Waals surface area (Å²) in [4.78, 5) is 6.96. The number of hydrogen-bond acceptors (Lipinski definition) is 5. The van der Waals surface area contributed by atoms with Gasteiger partial charge in [-0.15, -0.1) is 0 Å². The molecule has 2 fully saturated rings. The van der Waals surface area contributed by atoms with E-state index in [-0.39, 0.29) is 6.04 Å². The van der Waals surface area contributed by atoms with E-state index >= 15 is 0 Å². The smallest absolute Gasteiger partial charge is 0.243 e. The van der Waals surface area contributed by atoms with Crippen molar-refractivity contribution in [3.63, 3.8) is 0 Å². The number of piperidine rings is 1. The van der Waals surface area contributed by atoms with E-state index < -0.39 is 0 Å². The van der Waals surface area contributed by atoms with Gasteiger partial charge in [0.15, 0.2) is 5.82 Å². The molecule has 0 spiro atoms. The van der Waals surface area contributed by atoms with Crippen molar-refractivity contribution in [2.24, 2.45) is 0 Å². The van der Waals surface area contributed by atoms with E-state index in [4.69, 9.17) is 4.52 Å². The Morgan fingerprint density at radius 1 is 1.33 bits per heavy atom. The zero-order valence-corrected chi connectivity index (χ0v) is 11.1. The molecule has 0 saturated carbocycles. The number of aromatic nitrogens is 2. The molecule has 5 nitrogen and oxygen atoms in total. The first-order valence-electron chi connectivity index (χ1n) is 7.09. The molecule has 0 aliphatic carbocycles. The molecule has 0 bridgehead atoms. The molecule has 0 radical (unpaired) electrons. The van der Waals surface area contributed by atoms with Gasteiger partial charge in [0.1, 0.15) is 0 Å². The summed E-state index contributed by atoms with van der Waals surface area (Å²) in [7, 11) is 2.18. The zero-order valence-electron chi connectivity index (χ0n) is 11.1. The molecule has 2 aliphatic heterocycles. The lowest BCUT2D eigenvalue weighted by Gasteiger charge is -2.19. The van der Waals surface area contributed by atoms with E-state index in [2.05, 4.69) is 27.4 Å². The van der Waals surface area contributed by atoms with Crippen LogP contribution in [0.4, 0.5) is 0 Å². The zero-order chi connectivity index (χ0) is 12.4. The van der Waals surface area contributed by atoms with Crippen molar-refractivity contribution in [3.05, 3.63) is 11.7 Å². The minimum Gasteiger partial charge on any atom is -0.338 e. The number of likely N-dealkylation sites (tertiary alicyclic amines) is 1. The molecule has 5 heteroatoms. The summed E-state index contributed by atoms with van der Waals surface area (Å²) in [6, 6.07) is 0.871. The Balaban J connectivity index is 1.62. The Bertz CT molecular complexity index is 386. The molecule has 1 aromatic heterocycles. The topological polar surface area (TPSA) is 54.2 Å². The van der Waals surface area contributed by atoms with Crippen LogP contribution >= 0.6 is 0 Å². The molecule has 1 N–H and O–H groups in total. The maximum Gasteiger partial charge on any atom is 0.243 e. The molecule has 2 atom stereocenters. The van der Waals surface area contributed by atoms with E-state index in [1.807, 2.05) is 0 Å². The Morgan fingerprint density at radius 3 is 3.00 bits per heavy atom. The van der Waals surface area contributed by atoms with Crippen LogP contribution in [0.15, 0.2) is 4.52 Å². The van der Waals surface area contributed by atoms with Crippen molar-refractivity contribution in [1.82, 2.24) is 20.4 Å². The van der Waals surface area contributed by atoms with Crippen molar-refractivity contribution in [3.8, 4) is 0 Å². The van der Waals surface area contributed by atoms with Crippen LogP contribution in [0.3, 0.4) is 0 Å². The second kappa shape index (κ2) is 5.36. The van der Waals surface area contributed by atoms with Crippen LogP contribution < -0.4 is 5.32 Å². The fourth-order valence-electron chi connectivity index (χ4n) is 3.00. The molecular weight excluding hydrogens is 228 g/mol. The molecule has 100 valence electrons. The van der Waals surface area contributed by atoms with Crippen molar-refractivity contribution in [1.29, 1.82) is 0 Å². The van der Waals surface area contributed by atoms with Crippen molar-refractivity contribution < 1.29 is 4.52 Å². The second-order valence-corrected chi connectivity index (χ2v) is 5.53. The monoisotopic (exact) mass is 250 g/mol. The number of nitrogens with one attached hydrogen (secondary N) is 1. The normalized spacial score (nSPS) is 29.8. The quantitative estimate of drug-likeness (QED) is 0.881. The lowest BCUT2D eigenvalue weighted by atomic mass is 10.1. The number of rotatable bonds is 3. The van der Waals surface area contributed by atoms with Gasteiger partial charge in [0.2, 0.25) is 5.89 Å². The molecule has 18 heavy (non-hydrogen) atoms. The Morgan fingerprint density at radius 2 is 2.28 bits per heavy atom. The summed E-state index contributed by atoms with van der Waals surface area (Å²) >= 11 is 0. The maximum atomic E-state index is 5.41. The Kier molecular flexibility index (Phi) is 3.61. The molecule has 2 unspecified atom stereocenters. The Hall–Kier alpha value is -0.940. The highest BCUT2D eigenvalue weighted by Crippen LogP contribution is 2.23. The third-order valence-corrected chi connectivity index (χ3v) is 4.18. The summed E-state index contributed by atoms with van der Waals surface area (Å²) in [6.07, 6.45) is 7.08. The first-order valence-corrected chi connectivity index (χ1v) is 7.09. The summed E-state index contributed by atoms with van der Waals surface area (Å²) in [5.74, 6) is 1.65. The van der Waals surface area contributed by atoms with Gasteiger partial charge in [0.05, 0.1) is 6.04 Å². The van der Waals surface area contributed by atoms with Crippen molar-refractivity contribution in [2.45, 2.75) is 50.6 Å². The van der Waals surface area contributed by atoms with Crippen LogP contribution in [0.5, 0.6) is 0 Å². The SMILES string of the molecule is CN1CCCC1Cc1noc(C2CCCCN2)n1. The predicted octanol–water partition coefficient (Wildman–Crippen LogP) is 1.52. The first-order chi connectivity index (χ1) is 8.83. The second-order valence-electron chi connectivity index (χ2n) is 5.53. The standard InChI is InChI=1S/C13H22N4O/c1-17-8-4-5-10(17)9-12-15-13(18-16-12)11-6-2-3-7-14-11/h10-11,14H,2-9H2,1H3.